The molecule has 0 heterocycles. The predicted octanol–water partition coefficient (Wildman–Crippen LogP) is 2.15. The summed E-state index contributed by atoms with van der Waals surface area (Å²) < 4.78 is 36.4. The molecule has 0 aliphatic heterocycles. The summed E-state index contributed by atoms with van der Waals surface area (Å²) >= 11 is 0. The van der Waals surface area contributed by atoms with E-state index in [0.29, 0.717) is 13.1 Å². The van der Waals surface area contributed by atoms with Crippen molar-refractivity contribution >= 4 is 11.9 Å². The number of amides is 1. The van der Waals surface area contributed by atoms with E-state index in [4.69, 9.17) is 0 Å². The zero-order valence-corrected chi connectivity index (χ0v) is 13.9. The summed E-state index contributed by atoms with van der Waals surface area (Å²) in [5.41, 5.74) is 1.01. The van der Waals surface area contributed by atoms with Gasteiger partial charge >= 0.3 is 6.18 Å². The van der Waals surface area contributed by atoms with E-state index in [1.165, 1.54) is 7.05 Å². The van der Waals surface area contributed by atoms with Crippen LogP contribution in [0.2, 0.25) is 0 Å². The van der Waals surface area contributed by atoms with Gasteiger partial charge in [0.15, 0.2) is 5.96 Å². The van der Waals surface area contributed by atoms with E-state index in [1.807, 2.05) is 37.3 Å². The average Bonchev–Trinajstić information content (AvgIpc) is 2.55. The van der Waals surface area contributed by atoms with Crippen molar-refractivity contribution in [2.75, 3.05) is 26.7 Å². The lowest BCUT2D eigenvalue weighted by atomic mass is 10.2. The number of guanidine groups is 1. The van der Waals surface area contributed by atoms with Crippen LogP contribution in [0.1, 0.15) is 18.9 Å². The Morgan fingerprint density at radius 3 is 2.42 bits per heavy atom. The summed E-state index contributed by atoms with van der Waals surface area (Å²) in [5, 5.41) is 5.27. The number of hydrogen-bond acceptors (Lipinski definition) is 2. The molecule has 0 aliphatic rings. The van der Waals surface area contributed by atoms with Crippen molar-refractivity contribution in [1.29, 1.82) is 0 Å². The predicted molar refractivity (Wildman–Crippen MR) is 87.6 cm³/mol. The Balaban J connectivity index is 2.44. The molecule has 0 unspecified atom stereocenters. The second-order valence-corrected chi connectivity index (χ2v) is 5.11. The van der Waals surface area contributed by atoms with Gasteiger partial charge in [-0.25, -0.2) is 0 Å². The van der Waals surface area contributed by atoms with Crippen molar-refractivity contribution in [3.8, 4) is 0 Å². The standard InChI is InChI=1S/C16H23F3N4O/c1-3-23(12-13-7-5-4-6-8-13)14(24)11-22-15(20-2)21-10-9-16(17,18)19/h4-8H,3,9-12H2,1-2H3,(H2,20,21,22). The zero-order chi connectivity index (χ0) is 18.0. The highest BCUT2D eigenvalue weighted by Gasteiger charge is 2.26. The number of nitrogens with zero attached hydrogens (tertiary/aromatic N) is 2. The fourth-order valence-corrected chi connectivity index (χ4v) is 1.99. The molecule has 2 N–H and O–H groups in total. The molecule has 0 radical (unpaired) electrons. The van der Waals surface area contributed by atoms with Gasteiger partial charge in [-0.15, -0.1) is 0 Å². The van der Waals surface area contributed by atoms with Crippen LogP contribution in [0.25, 0.3) is 0 Å². The molecule has 0 saturated heterocycles. The third-order valence-corrected chi connectivity index (χ3v) is 3.28. The van der Waals surface area contributed by atoms with Gasteiger partial charge in [0.25, 0.3) is 0 Å². The first kappa shape index (κ1) is 19.8. The van der Waals surface area contributed by atoms with Gasteiger partial charge in [-0.1, -0.05) is 30.3 Å². The maximum absolute atomic E-state index is 12.2. The van der Waals surface area contributed by atoms with Crippen LogP contribution >= 0.6 is 0 Å². The van der Waals surface area contributed by atoms with Gasteiger partial charge in [-0.2, -0.15) is 13.2 Å². The van der Waals surface area contributed by atoms with Crippen LogP contribution in [0.4, 0.5) is 13.2 Å². The topological polar surface area (TPSA) is 56.7 Å². The zero-order valence-electron chi connectivity index (χ0n) is 13.9. The summed E-state index contributed by atoms with van der Waals surface area (Å²) in [6.07, 6.45) is -5.19. The van der Waals surface area contributed by atoms with Crippen LogP contribution in [0.5, 0.6) is 0 Å². The van der Waals surface area contributed by atoms with E-state index in [0.717, 1.165) is 5.56 Å². The van der Waals surface area contributed by atoms with E-state index < -0.39 is 12.6 Å². The molecule has 0 fully saturated rings. The Morgan fingerprint density at radius 1 is 1.21 bits per heavy atom. The fraction of sp³-hybridized carbons (Fsp3) is 0.500. The van der Waals surface area contributed by atoms with E-state index in [9.17, 15) is 18.0 Å². The van der Waals surface area contributed by atoms with Crippen molar-refractivity contribution in [2.24, 2.45) is 4.99 Å². The quantitative estimate of drug-likeness (QED) is 0.589. The molecule has 134 valence electrons. The normalized spacial score (nSPS) is 12.0. The second-order valence-electron chi connectivity index (χ2n) is 5.11. The minimum absolute atomic E-state index is 0.0354. The Labute approximate surface area is 139 Å². The monoisotopic (exact) mass is 344 g/mol. The highest BCUT2D eigenvalue weighted by atomic mass is 19.4. The van der Waals surface area contributed by atoms with Crippen LogP contribution in [0.3, 0.4) is 0 Å². The molecule has 1 aromatic carbocycles. The molecule has 1 rings (SSSR count). The Bertz CT molecular complexity index is 532. The van der Waals surface area contributed by atoms with Gasteiger partial charge in [-0.3, -0.25) is 9.79 Å². The first-order valence-electron chi connectivity index (χ1n) is 7.68. The highest BCUT2D eigenvalue weighted by molar-refractivity contribution is 5.86. The molecule has 24 heavy (non-hydrogen) atoms. The number of alkyl halides is 3. The third-order valence-electron chi connectivity index (χ3n) is 3.28. The van der Waals surface area contributed by atoms with Gasteiger partial charge in [0, 0.05) is 26.7 Å². The number of rotatable bonds is 7. The molecule has 0 bridgehead atoms. The molecule has 0 spiro atoms. The van der Waals surface area contributed by atoms with E-state index in [1.54, 1.807) is 4.90 Å². The van der Waals surface area contributed by atoms with Crippen molar-refractivity contribution < 1.29 is 18.0 Å². The van der Waals surface area contributed by atoms with Gasteiger partial charge in [0.1, 0.15) is 0 Å². The third kappa shape index (κ3) is 7.85. The Morgan fingerprint density at radius 2 is 1.88 bits per heavy atom. The number of aliphatic imine (C=N–C) groups is 1. The summed E-state index contributed by atoms with van der Waals surface area (Å²) in [7, 11) is 1.44. The summed E-state index contributed by atoms with van der Waals surface area (Å²) in [4.78, 5) is 17.7. The second kappa shape index (κ2) is 9.79. The van der Waals surface area contributed by atoms with Gasteiger partial charge < -0.3 is 15.5 Å². The summed E-state index contributed by atoms with van der Waals surface area (Å²) in [6.45, 7) is 2.57. The molecule has 5 nitrogen and oxygen atoms in total. The summed E-state index contributed by atoms with van der Waals surface area (Å²) in [5.74, 6) is 0.0171. The van der Waals surface area contributed by atoms with Crippen LogP contribution in [0.15, 0.2) is 35.3 Å². The van der Waals surface area contributed by atoms with E-state index in [2.05, 4.69) is 15.6 Å². The number of benzene rings is 1. The molecular weight excluding hydrogens is 321 g/mol. The molecular formula is C16H23F3N4O. The Kier molecular flexibility index (Phi) is 8.08. The van der Waals surface area contributed by atoms with Gasteiger partial charge in [-0.05, 0) is 12.5 Å². The number of carbonyl (C=O) groups is 1. The van der Waals surface area contributed by atoms with Crippen LogP contribution in [-0.2, 0) is 11.3 Å². The molecule has 0 saturated carbocycles. The van der Waals surface area contributed by atoms with Crippen molar-refractivity contribution in [2.45, 2.75) is 26.1 Å². The maximum atomic E-state index is 12.2. The molecule has 0 aliphatic carbocycles. The number of carbonyl (C=O) groups excluding carboxylic acids is 1. The number of halogens is 3. The lowest BCUT2D eigenvalue weighted by Crippen LogP contribution is -2.45. The molecule has 1 amide bonds. The fourth-order valence-electron chi connectivity index (χ4n) is 1.99. The smallest absolute Gasteiger partial charge is 0.356 e. The molecule has 1 aromatic rings. The van der Waals surface area contributed by atoms with Crippen molar-refractivity contribution in [3.05, 3.63) is 35.9 Å². The first-order chi connectivity index (χ1) is 11.4. The van der Waals surface area contributed by atoms with Crippen LogP contribution < -0.4 is 10.6 Å². The van der Waals surface area contributed by atoms with Crippen molar-refractivity contribution in [1.82, 2.24) is 15.5 Å². The summed E-state index contributed by atoms with van der Waals surface area (Å²) in [6, 6.07) is 9.57. The van der Waals surface area contributed by atoms with E-state index >= 15 is 0 Å². The Hall–Kier alpha value is -2.25. The lowest BCUT2D eigenvalue weighted by molar-refractivity contribution is -0.133. The molecule has 0 atom stereocenters. The molecule has 0 aromatic heterocycles. The van der Waals surface area contributed by atoms with Gasteiger partial charge in [0.05, 0.1) is 13.0 Å². The SMILES string of the molecule is CCN(Cc1ccccc1)C(=O)CNC(=NC)NCCC(F)(F)F. The number of nitrogens with one attached hydrogen (secondary N) is 2. The minimum atomic E-state index is -4.23. The van der Waals surface area contributed by atoms with Crippen molar-refractivity contribution in [3.63, 3.8) is 0 Å². The van der Waals surface area contributed by atoms with E-state index in [-0.39, 0.29) is 25.0 Å². The van der Waals surface area contributed by atoms with Gasteiger partial charge in [0.2, 0.25) is 5.91 Å². The first-order valence-corrected chi connectivity index (χ1v) is 7.68. The maximum Gasteiger partial charge on any atom is 0.390 e. The van der Waals surface area contributed by atoms with Crippen LogP contribution in [-0.4, -0.2) is 49.6 Å². The largest absolute Gasteiger partial charge is 0.390 e. The number of likely N-dealkylation sites (N-methyl/N-ethyl adjacent to an activating group) is 1. The minimum Gasteiger partial charge on any atom is -0.356 e. The van der Waals surface area contributed by atoms with Crippen LogP contribution in [0, 0.1) is 0 Å². The number of hydrogen-bond donors (Lipinski definition) is 2. The molecule has 8 heteroatoms. The average molecular weight is 344 g/mol. The highest BCUT2D eigenvalue weighted by Crippen LogP contribution is 2.17. The lowest BCUT2D eigenvalue weighted by Gasteiger charge is -2.22.